The van der Waals surface area contributed by atoms with Crippen molar-refractivity contribution in [3.8, 4) is 0 Å². The van der Waals surface area contributed by atoms with Crippen LogP contribution in [0.25, 0.3) is 0 Å². The highest BCUT2D eigenvalue weighted by Gasteiger charge is 2.31. The van der Waals surface area contributed by atoms with Crippen molar-refractivity contribution >= 4 is 9.84 Å². The summed E-state index contributed by atoms with van der Waals surface area (Å²) in [6, 6.07) is 0.194. The highest BCUT2D eigenvalue weighted by atomic mass is 32.2. The molecule has 6 heteroatoms. The maximum absolute atomic E-state index is 11.9. The third-order valence-corrected chi connectivity index (χ3v) is 6.26. The molecule has 2 N–H and O–H groups in total. The van der Waals surface area contributed by atoms with Gasteiger partial charge in [-0.1, -0.05) is 20.3 Å². The first-order valence-corrected chi connectivity index (χ1v) is 9.85. The first-order chi connectivity index (χ1) is 9.92. The molecule has 21 heavy (non-hydrogen) atoms. The number of hydrogen-bond acceptors (Lipinski definition) is 4. The van der Waals surface area contributed by atoms with Gasteiger partial charge in [0.05, 0.1) is 17.0 Å². The third kappa shape index (κ3) is 3.31. The predicted molar refractivity (Wildman–Crippen MR) is 85.0 cm³/mol. The molecule has 0 saturated heterocycles. The SMILES string of the molecule is CCc1nn(C2CCCC(S(C)(=O)=O)C2)c(CC)c1CN. The second-order valence-corrected chi connectivity index (χ2v) is 8.33. The lowest BCUT2D eigenvalue weighted by atomic mass is 9.94. The number of hydrogen-bond donors (Lipinski definition) is 1. The minimum absolute atomic E-state index is 0.194. The molecule has 0 amide bonds. The van der Waals surface area contributed by atoms with Gasteiger partial charge in [-0.25, -0.2) is 8.42 Å². The monoisotopic (exact) mass is 313 g/mol. The molecule has 1 aliphatic carbocycles. The van der Waals surface area contributed by atoms with E-state index in [2.05, 4.69) is 18.5 Å². The average molecular weight is 313 g/mol. The van der Waals surface area contributed by atoms with Crippen molar-refractivity contribution in [2.45, 2.75) is 70.2 Å². The van der Waals surface area contributed by atoms with Crippen LogP contribution in [-0.4, -0.2) is 29.7 Å². The fourth-order valence-electron chi connectivity index (χ4n) is 3.48. The molecule has 5 nitrogen and oxygen atoms in total. The van der Waals surface area contributed by atoms with Gasteiger partial charge >= 0.3 is 0 Å². The first kappa shape index (κ1) is 16.5. The molecular weight excluding hydrogens is 286 g/mol. The van der Waals surface area contributed by atoms with E-state index in [0.29, 0.717) is 13.0 Å². The number of aryl methyl sites for hydroxylation is 1. The molecule has 1 saturated carbocycles. The second kappa shape index (κ2) is 6.48. The second-order valence-electron chi connectivity index (χ2n) is 6.00. The Balaban J connectivity index is 2.35. The molecule has 0 aliphatic heterocycles. The summed E-state index contributed by atoms with van der Waals surface area (Å²) in [4.78, 5) is 0. The molecule has 1 fully saturated rings. The standard InChI is InChI=1S/C15H27N3O2S/c1-4-14-13(10-16)15(5-2)18(17-14)11-7-6-8-12(9-11)21(3,19)20/h11-12H,4-10,16H2,1-3H3. The lowest BCUT2D eigenvalue weighted by Crippen LogP contribution is -2.30. The van der Waals surface area contributed by atoms with E-state index in [1.807, 2.05) is 0 Å². The molecule has 2 atom stereocenters. The number of sulfone groups is 1. The van der Waals surface area contributed by atoms with Gasteiger partial charge in [-0.05, 0) is 32.1 Å². The Kier molecular flexibility index (Phi) is 5.09. The number of nitrogens with zero attached hydrogens (tertiary/aromatic N) is 2. The van der Waals surface area contributed by atoms with Crippen LogP contribution in [-0.2, 0) is 29.2 Å². The van der Waals surface area contributed by atoms with Gasteiger partial charge < -0.3 is 5.73 Å². The van der Waals surface area contributed by atoms with E-state index >= 15 is 0 Å². The predicted octanol–water partition coefficient (Wildman–Crippen LogP) is 1.99. The molecule has 0 bridgehead atoms. The summed E-state index contributed by atoms with van der Waals surface area (Å²) in [5.41, 5.74) is 9.30. The molecule has 120 valence electrons. The quantitative estimate of drug-likeness (QED) is 0.902. The summed E-state index contributed by atoms with van der Waals surface area (Å²) in [6.45, 7) is 4.71. The number of rotatable bonds is 5. The van der Waals surface area contributed by atoms with E-state index in [9.17, 15) is 8.42 Å². The topological polar surface area (TPSA) is 78.0 Å². The van der Waals surface area contributed by atoms with Crippen molar-refractivity contribution in [3.05, 3.63) is 17.0 Å². The molecule has 2 rings (SSSR count). The van der Waals surface area contributed by atoms with Crippen LogP contribution < -0.4 is 5.73 Å². The highest BCUT2D eigenvalue weighted by molar-refractivity contribution is 7.91. The molecule has 1 heterocycles. The normalized spacial score (nSPS) is 23.4. The summed E-state index contributed by atoms with van der Waals surface area (Å²) in [7, 11) is -2.97. The minimum Gasteiger partial charge on any atom is -0.326 e. The molecule has 1 aromatic heterocycles. The van der Waals surface area contributed by atoms with Crippen molar-refractivity contribution in [2.75, 3.05) is 6.26 Å². The van der Waals surface area contributed by atoms with E-state index in [-0.39, 0.29) is 11.3 Å². The molecule has 1 aromatic rings. The molecule has 0 radical (unpaired) electrons. The van der Waals surface area contributed by atoms with Gasteiger partial charge in [0.2, 0.25) is 0 Å². The summed E-state index contributed by atoms with van der Waals surface area (Å²) in [5.74, 6) is 0. The van der Waals surface area contributed by atoms with Gasteiger partial charge in [-0.3, -0.25) is 4.68 Å². The van der Waals surface area contributed by atoms with Gasteiger partial charge in [0, 0.05) is 24.1 Å². The Hall–Kier alpha value is -0.880. The zero-order chi connectivity index (χ0) is 15.6. The number of aromatic nitrogens is 2. The molecule has 2 unspecified atom stereocenters. The summed E-state index contributed by atoms with van der Waals surface area (Å²) >= 11 is 0. The molecule has 0 aromatic carbocycles. The van der Waals surface area contributed by atoms with Gasteiger partial charge in [-0.15, -0.1) is 0 Å². The van der Waals surface area contributed by atoms with Crippen molar-refractivity contribution < 1.29 is 8.42 Å². The zero-order valence-electron chi connectivity index (χ0n) is 13.3. The Morgan fingerprint density at radius 2 is 2.00 bits per heavy atom. The smallest absolute Gasteiger partial charge is 0.150 e. The molecule has 0 spiro atoms. The van der Waals surface area contributed by atoms with E-state index in [4.69, 9.17) is 10.8 Å². The van der Waals surface area contributed by atoms with Gasteiger partial charge in [0.25, 0.3) is 0 Å². The Morgan fingerprint density at radius 3 is 2.52 bits per heavy atom. The van der Waals surface area contributed by atoms with Crippen LogP contribution in [0.5, 0.6) is 0 Å². The largest absolute Gasteiger partial charge is 0.326 e. The maximum atomic E-state index is 11.9. The van der Waals surface area contributed by atoms with Crippen LogP contribution in [0.4, 0.5) is 0 Å². The van der Waals surface area contributed by atoms with Crippen LogP contribution in [0.2, 0.25) is 0 Å². The highest BCUT2D eigenvalue weighted by Crippen LogP contribution is 2.33. The van der Waals surface area contributed by atoms with E-state index in [0.717, 1.165) is 43.4 Å². The average Bonchev–Trinajstić information content (AvgIpc) is 2.84. The van der Waals surface area contributed by atoms with E-state index in [1.54, 1.807) is 0 Å². The van der Waals surface area contributed by atoms with Crippen LogP contribution in [0.1, 0.15) is 62.5 Å². The first-order valence-electron chi connectivity index (χ1n) is 7.90. The van der Waals surface area contributed by atoms with Crippen molar-refractivity contribution in [1.82, 2.24) is 9.78 Å². The summed E-state index contributed by atoms with van der Waals surface area (Å²) < 4.78 is 25.8. The van der Waals surface area contributed by atoms with E-state index < -0.39 is 9.84 Å². The fraction of sp³-hybridized carbons (Fsp3) is 0.800. The number of nitrogens with two attached hydrogens (primary N) is 1. The molecular formula is C15H27N3O2S. The van der Waals surface area contributed by atoms with Crippen LogP contribution in [0.3, 0.4) is 0 Å². The summed E-state index contributed by atoms with van der Waals surface area (Å²) in [6.07, 6.45) is 6.53. The zero-order valence-corrected chi connectivity index (χ0v) is 14.1. The van der Waals surface area contributed by atoms with Gasteiger partial charge in [0.1, 0.15) is 9.84 Å². The minimum atomic E-state index is -2.97. The Labute approximate surface area is 127 Å². The maximum Gasteiger partial charge on any atom is 0.150 e. The lowest BCUT2D eigenvalue weighted by molar-refractivity contribution is 0.321. The van der Waals surface area contributed by atoms with Crippen molar-refractivity contribution in [1.29, 1.82) is 0 Å². The van der Waals surface area contributed by atoms with E-state index in [1.165, 1.54) is 11.9 Å². The van der Waals surface area contributed by atoms with Crippen molar-refractivity contribution in [3.63, 3.8) is 0 Å². The third-order valence-electron chi connectivity index (χ3n) is 4.63. The van der Waals surface area contributed by atoms with Gasteiger partial charge in [0.15, 0.2) is 0 Å². The van der Waals surface area contributed by atoms with Crippen LogP contribution >= 0.6 is 0 Å². The Morgan fingerprint density at radius 1 is 1.29 bits per heavy atom. The van der Waals surface area contributed by atoms with Crippen LogP contribution in [0, 0.1) is 0 Å². The molecule has 1 aliphatic rings. The van der Waals surface area contributed by atoms with Crippen LogP contribution in [0.15, 0.2) is 0 Å². The Bertz CT molecular complexity index is 592. The lowest BCUT2D eigenvalue weighted by Gasteiger charge is -2.29. The summed E-state index contributed by atoms with van der Waals surface area (Å²) in [5, 5.41) is 4.53. The van der Waals surface area contributed by atoms with Crippen molar-refractivity contribution in [2.24, 2.45) is 5.73 Å². The van der Waals surface area contributed by atoms with Gasteiger partial charge in [-0.2, -0.15) is 5.10 Å². The fourth-order valence-corrected chi connectivity index (χ4v) is 4.65.